The fourth-order valence-electron chi connectivity index (χ4n) is 3.44. The molecule has 1 fully saturated rings. The standard InChI is InChI=1S/C21H21FN2OS2/c22-16-7-1-3-9-18(16)26-13-11-20(25)24-12-5-6-15(14-24)21-23-17-8-2-4-10-19(17)27-21/h1-4,7-10,15H,5-6,11-14H2/t15-/m1/s1. The van der Waals surface area contributed by atoms with Gasteiger partial charge in [0.25, 0.3) is 0 Å². The van der Waals surface area contributed by atoms with Crippen LogP contribution in [0.1, 0.15) is 30.2 Å². The van der Waals surface area contributed by atoms with E-state index in [0.717, 1.165) is 36.5 Å². The van der Waals surface area contributed by atoms with Gasteiger partial charge in [0.15, 0.2) is 0 Å². The largest absolute Gasteiger partial charge is 0.342 e. The van der Waals surface area contributed by atoms with Crippen LogP contribution in [0.5, 0.6) is 0 Å². The number of piperidine rings is 1. The molecule has 2 heterocycles. The molecule has 140 valence electrons. The predicted molar refractivity (Wildman–Crippen MR) is 110 cm³/mol. The van der Waals surface area contributed by atoms with E-state index in [-0.39, 0.29) is 11.7 Å². The lowest BCUT2D eigenvalue weighted by molar-refractivity contribution is -0.131. The molecule has 3 aromatic rings. The number of aromatic nitrogens is 1. The van der Waals surface area contributed by atoms with Gasteiger partial charge < -0.3 is 4.90 Å². The summed E-state index contributed by atoms with van der Waals surface area (Å²) in [5.74, 6) is 0.856. The summed E-state index contributed by atoms with van der Waals surface area (Å²) in [5.41, 5.74) is 1.04. The maximum absolute atomic E-state index is 13.7. The number of hydrogen-bond donors (Lipinski definition) is 0. The lowest BCUT2D eigenvalue weighted by Crippen LogP contribution is -2.39. The van der Waals surface area contributed by atoms with Crippen LogP contribution in [0, 0.1) is 5.82 Å². The zero-order chi connectivity index (χ0) is 18.6. The first-order chi connectivity index (χ1) is 13.2. The summed E-state index contributed by atoms with van der Waals surface area (Å²) in [7, 11) is 0. The lowest BCUT2D eigenvalue weighted by Gasteiger charge is -2.32. The van der Waals surface area contributed by atoms with Crippen LogP contribution in [0.25, 0.3) is 10.2 Å². The average molecular weight is 401 g/mol. The number of benzene rings is 2. The van der Waals surface area contributed by atoms with Crippen molar-refractivity contribution in [2.45, 2.75) is 30.1 Å². The Morgan fingerprint density at radius 1 is 1.22 bits per heavy atom. The fourth-order valence-corrected chi connectivity index (χ4v) is 5.41. The van der Waals surface area contributed by atoms with E-state index in [2.05, 4.69) is 6.07 Å². The first kappa shape index (κ1) is 18.4. The Labute approximate surface area is 166 Å². The zero-order valence-electron chi connectivity index (χ0n) is 14.9. The van der Waals surface area contributed by atoms with Gasteiger partial charge in [-0.05, 0) is 37.1 Å². The topological polar surface area (TPSA) is 33.2 Å². The number of fused-ring (bicyclic) bond motifs is 1. The normalized spacial score (nSPS) is 17.4. The third-order valence-corrected chi connectivity index (χ3v) is 7.09. The summed E-state index contributed by atoms with van der Waals surface area (Å²) in [4.78, 5) is 20.0. The molecule has 1 amide bonds. The van der Waals surface area contributed by atoms with Crippen molar-refractivity contribution in [1.29, 1.82) is 0 Å². The van der Waals surface area contributed by atoms with Gasteiger partial charge in [-0.25, -0.2) is 9.37 Å². The second-order valence-electron chi connectivity index (χ2n) is 6.73. The number of para-hydroxylation sites is 1. The summed E-state index contributed by atoms with van der Waals surface area (Å²) >= 11 is 3.15. The minimum atomic E-state index is -0.219. The molecule has 1 atom stereocenters. The predicted octanol–water partition coefficient (Wildman–Crippen LogP) is 5.32. The molecule has 1 aromatic heterocycles. The second kappa shape index (κ2) is 8.40. The maximum atomic E-state index is 13.7. The van der Waals surface area contributed by atoms with Gasteiger partial charge in [-0.1, -0.05) is 24.3 Å². The number of hydrogen-bond acceptors (Lipinski definition) is 4. The smallest absolute Gasteiger partial charge is 0.223 e. The van der Waals surface area contributed by atoms with E-state index in [1.54, 1.807) is 23.5 Å². The molecule has 1 aliphatic heterocycles. The van der Waals surface area contributed by atoms with Crippen molar-refractivity contribution in [1.82, 2.24) is 9.88 Å². The molecule has 0 radical (unpaired) electrons. The molecule has 27 heavy (non-hydrogen) atoms. The monoisotopic (exact) mass is 400 g/mol. The van der Waals surface area contributed by atoms with Crippen molar-refractivity contribution in [3.63, 3.8) is 0 Å². The highest BCUT2D eigenvalue weighted by molar-refractivity contribution is 7.99. The third-order valence-electron chi connectivity index (χ3n) is 4.84. The Bertz CT molecular complexity index is 910. The molecular formula is C21H21FN2OS2. The summed E-state index contributed by atoms with van der Waals surface area (Å²) < 4.78 is 14.9. The van der Waals surface area contributed by atoms with E-state index in [1.807, 2.05) is 29.2 Å². The van der Waals surface area contributed by atoms with Crippen molar-refractivity contribution < 1.29 is 9.18 Å². The number of thioether (sulfide) groups is 1. The van der Waals surface area contributed by atoms with Crippen LogP contribution < -0.4 is 0 Å². The van der Waals surface area contributed by atoms with Crippen LogP contribution in [0.3, 0.4) is 0 Å². The first-order valence-electron chi connectivity index (χ1n) is 9.21. The second-order valence-corrected chi connectivity index (χ2v) is 8.93. The molecular weight excluding hydrogens is 379 g/mol. The van der Waals surface area contributed by atoms with E-state index in [9.17, 15) is 9.18 Å². The highest BCUT2D eigenvalue weighted by Gasteiger charge is 2.26. The SMILES string of the molecule is O=C(CCSc1ccccc1F)N1CCC[C@@H](c2nc3ccccc3s2)C1. The Morgan fingerprint density at radius 3 is 2.89 bits per heavy atom. The molecule has 2 aromatic carbocycles. The number of rotatable bonds is 5. The van der Waals surface area contributed by atoms with Gasteiger partial charge in [0, 0.05) is 36.1 Å². The minimum absolute atomic E-state index is 0.157. The molecule has 0 saturated carbocycles. The molecule has 0 aliphatic carbocycles. The van der Waals surface area contributed by atoms with E-state index < -0.39 is 0 Å². The lowest BCUT2D eigenvalue weighted by atomic mass is 9.98. The molecule has 1 aliphatic rings. The number of thiazole rings is 1. The van der Waals surface area contributed by atoms with Crippen molar-refractivity contribution in [3.05, 3.63) is 59.4 Å². The number of carbonyl (C=O) groups is 1. The summed E-state index contributed by atoms with van der Waals surface area (Å²) in [5, 5.41) is 1.13. The van der Waals surface area contributed by atoms with Crippen LogP contribution in [-0.4, -0.2) is 34.6 Å². The molecule has 3 nitrogen and oxygen atoms in total. The van der Waals surface area contributed by atoms with Gasteiger partial charge in [-0.3, -0.25) is 4.79 Å². The van der Waals surface area contributed by atoms with Crippen molar-refractivity contribution >= 4 is 39.2 Å². The van der Waals surface area contributed by atoms with Gasteiger partial charge in [-0.2, -0.15) is 0 Å². The third kappa shape index (κ3) is 4.33. The Balaban J connectivity index is 1.34. The van der Waals surface area contributed by atoms with Crippen LogP contribution in [0.15, 0.2) is 53.4 Å². The van der Waals surface area contributed by atoms with Crippen molar-refractivity contribution in [3.8, 4) is 0 Å². The van der Waals surface area contributed by atoms with Gasteiger partial charge in [-0.15, -0.1) is 23.1 Å². The first-order valence-corrected chi connectivity index (χ1v) is 11.0. The Morgan fingerprint density at radius 2 is 2.04 bits per heavy atom. The van der Waals surface area contributed by atoms with E-state index >= 15 is 0 Å². The molecule has 1 saturated heterocycles. The van der Waals surface area contributed by atoms with Crippen LogP contribution in [-0.2, 0) is 4.79 Å². The fraction of sp³-hybridized carbons (Fsp3) is 0.333. The summed E-state index contributed by atoms with van der Waals surface area (Å²) in [6.45, 7) is 1.55. The van der Waals surface area contributed by atoms with Gasteiger partial charge in [0.2, 0.25) is 5.91 Å². The van der Waals surface area contributed by atoms with Crippen LogP contribution >= 0.6 is 23.1 Å². The number of nitrogens with zero attached hydrogens (tertiary/aromatic N) is 2. The Kier molecular flexibility index (Phi) is 5.74. The number of likely N-dealkylation sites (tertiary alicyclic amines) is 1. The molecule has 0 spiro atoms. The number of amides is 1. The Hall–Kier alpha value is -1.92. The van der Waals surface area contributed by atoms with Crippen LogP contribution in [0.4, 0.5) is 4.39 Å². The molecule has 0 bridgehead atoms. The minimum Gasteiger partial charge on any atom is -0.342 e. The molecule has 6 heteroatoms. The van der Waals surface area contributed by atoms with E-state index in [1.165, 1.54) is 22.5 Å². The summed E-state index contributed by atoms with van der Waals surface area (Å²) in [6, 6.07) is 14.9. The van der Waals surface area contributed by atoms with Crippen molar-refractivity contribution in [2.75, 3.05) is 18.8 Å². The maximum Gasteiger partial charge on any atom is 0.223 e. The zero-order valence-corrected chi connectivity index (χ0v) is 16.6. The van der Waals surface area contributed by atoms with Crippen LogP contribution in [0.2, 0.25) is 0 Å². The highest BCUT2D eigenvalue weighted by Crippen LogP contribution is 2.33. The number of carbonyl (C=O) groups excluding carboxylic acids is 1. The molecule has 0 unspecified atom stereocenters. The van der Waals surface area contributed by atoms with E-state index in [4.69, 9.17) is 4.98 Å². The van der Waals surface area contributed by atoms with Gasteiger partial charge in [0.05, 0.1) is 15.2 Å². The quantitative estimate of drug-likeness (QED) is 0.543. The average Bonchev–Trinajstić information content (AvgIpc) is 3.14. The highest BCUT2D eigenvalue weighted by atomic mass is 32.2. The molecule has 0 N–H and O–H groups in total. The molecule has 4 rings (SSSR count). The van der Waals surface area contributed by atoms with Gasteiger partial charge >= 0.3 is 0 Å². The number of halogens is 1. The van der Waals surface area contributed by atoms with Gasteiger partial charge in [0.1, 0.15) is 5.82 Å². The van der Waals surface area contributed by atoms with E-state index in [0.29, 0.717) is 23.0 Å². The van der Waals surface area contributed by atoms with Crippen molar-refractivity contribution in [2.24, 2.45) is 0 Å². The summed E-state index contributed by atoms with van der Waals surface area (Å²) in [6.07, 6.45) is 2.52.